The van der Waals surface area contributed by atoms with E-state index in [-0.39, 0.29) is 29.8 Å². The van der Waals surface area contributed by atoms with Crippen molar-refractivity contribution < 1.29 is 9.59 Å². The monoisotopic (exact) mass is 377 g/mol. The Kier molecular flexibility index (Phi) is 5.88. The Morgan fingerprint density at radius 3 is 2.46 bits per heavy atom. The zero-order valence-corrected chi connectivity index (χ0v) is 16.2. The van der Waals surface area contributed by atoms with Gasteiger partial charge in [-0.25, -0.2) is 0 Å². The fourth-order valence-corrected chi connectivity index (χ4v) is 4.57. The van der Waals surface area contributed by atoms with Crippen LogP contribution in [-0.4, -0.2) is 23.9 Å². The van der Waals surface area contributed by atoms with Crippen molar-refractivity contribution in [3.05, 3.63) is 28.8 Å². The highest BCUT2D eigenvalue weighted by Gasteiger charge is 2.40. The first-order valence-electron chi connectivity index (χ1n) is 9.52. The Hall–Kier alpha value is -1.59. The second-order valence-electron chi connectivity index (χ2n) is 8.00. The van der Waals surface area contributed by atoms with Crippen molar-refractivity contribution in [1.82, 2.24) is 5.32 Å². The van der Waals surface area contributed by atoms with E-state index in [0.717, 1.165) is 25.7 Å². The van der Waals surface area contributed by atoms with Gasteiger partial charge in [-0.2, -0.15) is 0 Å². The van der Waals surface area contributed by atoms with Gasteiger partial charge in [0.2, 0.25) is 5.91 Å². The number of amides is 2. The second-order valence-corrected chi connectivity index (χ2v) is 8.44. The van der Waals surface area contributed by atoms with Crippen LogP contribution in [-0.2, 0) is 4.79 Å². The fourth-order valence-electron chi connectivity index (χ4n) is 4.40. The second kappa shape index (κ2) is 7.97. The molecule has 3 rings (SSSR count). The number of hydrogen-bond acceptors (Lipinski definition) is 3. The molecule has 4 N–H and O–H groups in total. The Labute approximate surface area is 160 Å². The van der Waals surface area contributed by atoms with Crippen molar-refractivity contribution in [2.75, 3.05) is 5.32 Å². The van der Waals surface area contributed by atoms with Crippen LogP contribution in [0.2, 0.25) is 5.02 Å². The van der Waals surface area contributed by atoms with Crippen LogP contribution in [0.4, 0.5) is 5.69 Å². The number of fused-ring (bicyclic) bond motifs is 2. The molecule has 2 bridgehead atoms. The smallest absolute Gasteiger partial charge is 0.253 e. The molecule has 2 atom stereocenters. The van der Waals surface area contributed by atoms with Crippen molar-refractivity contribution >= 4 is 29.1 Å². The number of nitrogens with two attached hydrogens (primary N) is 1. The number of rotatable bonds is 4. The first-order valence-corrected chi connectivity index (χ1v) is 9.89. The van der Waals surface area contributed by atoms with Crippen LogP contribution in [0.5, 0.6) is 0 Å². The van der Waals surface area contributed by atoms with Crippen LogP contribution in [0.3, 0.4) is 0 Å². The van der Waals surface area contributed by atoms with Gasteiger partial charge in [-0.15, -0.1) is 0 Å². The van der Waals surface area contributed by atoms with Gasteiger partial charge < -0.3 is 16.4 Å². The summed E-state index contributed by atoms with van der Waals surface area (Å²) in [7, 11) is 0. The number of benzene rings is 1. The average molecular weight is 378 g/mol. The van der Waals surface area contributed by atoms with Gasteiger partial charge >= 0.3 is 0 Å². The van der Waals surface area contributed by atoms with E-state index in [1.807, 2.05) is 13.8 Å². The molecule has 142 valence electrons. The molecule has 0 saturated heterocycles. The summed E-state index contributed by atoms with van der Waals surface area (Å²) in [6.45, 7) is 3.80. The van der Waals surface area contributed by atoms with Crippen molar-refractivity contribution in [3.63, 3.8) is 0 Å². The number of carbonyl (C=O) groups is 2. The number of hydrogen-bond donors (Lipinski definition) is 3. The summed E-state index contributed by atoms with van der Waals surface area (Å²) < 4.78 is 0. The minimum Gasteiger partial charge on any atom is -0.350 e. The van der Waals surface area contributed by atoms with Crippen LogP contribution in [0, 0.1) is 17.8 Å². The van der Waals surface area contributed by atoms with Gasteiger partial charge in [-0.05, 0) is 69.6 Å². The Morgan fingerprint density at radius 2 is 1.85 bits per heavy atom. The normalized spacial score (nSPS) is 27.9. The largest absolute Gasteiger partial charge is 0.350 e. The summed E-state index contributed by atoms with van der Waals surface area (Å²) in [5, 5.41) is 6.30. The SMILES string of the molecule is CC(C)NC(=O)c1ccc(Cl)cc1NC(=O)C1CC2CCCC(C1)C2N. The van der Waals surface area contributed by atoms with Crippen LogP contribution in [0.25, 0.3) is 0 Å². The van der Waals surface area contributed by atoms with Crippen molar-refractivity contribution in [2.24, 2.45) is 23.5 Å². The lowest BCUT2D eigenvalue weighted by molar-refractivity contribution is -0.122. The molecule has 0 spiro atoms. The molecular weight excluding hydrogens is 350 g/mol. The lowest BCUT2D eigenvalue weighted by Crippen LogP contribution is -2.48. The highest BCUT2D eigenvalue weighted by Crippen LogP contribution is 2.42. The molecule has 2 amide bonds. The number of nitrogens with one attached hydrogen (secondary N) is 2. The van der Waals surface area contributed by atoms with Gasteiger partial charge in [0.25, 0.3) is 5.91 Å². The van der Waals surface area contributed by atoms with E-state index in [1.54, 1.807) is 18.2 Å². The van der Waals surface area contributed by atoms with Gasteiger partial charge in [0.1, 0.15) is 0 Å². The molecule has 2 fully saturated rings. The Bertz CT molecular complexity index is 678. The summed E-state index contributed by atoms with van der Waals surface area (Å²) >= 11 is 6.09. The van der Waals surface area contributed by atoms with E-state index in [9.17, 15) is 9.59 Å². The predicted molar refractivity (Wildman–Crippen MR) is 104 cm³/mol. The van der Waals surface area contributed by atoms with Crippen LogP contribution in [0.15, 0.2) is 18.2 Å². The first-order chi connectivity index (χ1) is 12.3. The molecule has 0 aromatic heterocycles. The molecule has 1 aromatic rings. The highest BCUT2D eigenvalue weighted by molar-refractivity contribution is 6.31. The quantitative estimate of drug-likeness (QED) is 0.749. The van der Waals surface area contributed by atoms with Crippen molar-refractivity contribution in [1.29, 1.82) is 0 Å². The molecule has 26 heavy (non-hydrogen) atoms. The minimum atomic E-state index is -0.213. The molecule has 1 aromatic carbocycles. The minimum absolute atomic E-state index is 0.0148. The molecule has 5 nitrogen and oxygen atoms in total. The zero-order valence-electron chi connectivity index (χ0n) is 15.4. The van der Waals surface area contributed by atoms with Gasteiger partial charge in [-0.1, -0.05) is 18.0 Å². The third-order valence-corrected chi connectivity index (χ3v) is 5.92. The standard InChI is InChI=1S/C20H28ClN3O2/c1-11(2)23-20(26)16-7-6-15(21)10-17(16)24-19(25)14-8-12-4-3-5-13(9-14)18(12)22/h6-7,10-14,18H,3-5,8-9,22H2,1-2H3,(H,23,26)(H,24,25). The lowest BCUT2D eigenvalue weighted by Gasteiger charge is -2.43. The third kappa shape index (κ3) is 4.21. The van der Waals surface area contributed by atoms with E-state index in [2.05, 4.69) is 10.6 Å². The third-order valence-electron chi connectivity index (χ3n) is 5.69. The molecule has 0 heterocycles. The zero-order chi connectivity index (χ0) is 18.8. The fraction of sp³-hybridized carbons (Fsp3) is 0.600. The van der Waals surface area contributed by atoms with E-state index in [4.69, 9.17) is 17.3 Å². The van der Waals surface area contributed by atoms with Crippen LogP contribution < -0.4 is 16.4 Å². The maximum atomic E-state index is 12.9. The number of halogens is 1. The Morgan fingerprint density at radius 1 is 1.19 bits per heavy atom. The summed E-state index contributed by atoms with van der Waals surface area (Å²) in [6, 6.07) is 5.20. The molecule has 2 aliphatic carbocycles. The van der Waals surface area contributed by atoms with Crippen molar-refractivity contribution in [2.45, 2.75) is 58.0 Å². The molecule has 2 unspecified atom stereocenters. The van der Waals surface area contributed by atoms with E-state index in [1.165, 1.54) is 6.42 Å². The first kappa shape index (κ1) is 19.2. The topological polar surface area (TPSA) is 84.2 Å². The molecule has 0 radical (unpaired) electrons. The summed E-state index contributed by atoms with van der Waals surface area (Å²) in [6.07, 6.45) is 5.10. The van der Waals surface area contributed by atoms with Gasteiger partial charge in [0.15, 0.2) is 0 Å². The van der Waals surface area contributed by atoms with Gasteiger partial charge in [-0.3, -0.25) is 9.59 Å². The maximum Gasteiger partial charge on any atom is 0.253 e. The van der Waals surface area contributed by atoms with Crippen LogP contribution in [0.1, 0.15) is 56.3 Å². The van der Waals surface area contributed by atoms with E-state index in [0.29, 0.717) is 28.1 Å². The van der Waals surface area contributed by atoms with Gasteiger partial charge in [0, 0.05) is 23.0 Å². The Balaban J connectivity index is 1.75. The average Bonchev–Trinajstić information content (AvgIpc) is 2.53. The lowest BCUT2D eigenvalue weighted by atomic mass is 9.65. The number of carbonyl (C=O) groups excluding carboxylic acids is 2. The molecule has 6 heteroatoms. The van der Waals surface area contributed by atoms with Gasteiger partial charge in [0.05, 0.1) is 11.3 Å². The predicted octanol–water partition coefficient (Wildman–Crippen LogP) is 3.57. The molecule has 2 saturated carbocycles. The van der Waals surface area contributed by atoms with E-state index >= 15 is 0 Å². The summed E-state index contributed by atoms with van der Waals surface area (Å²) in [5.41, 5.74) is 7.23. The van der Waals surface area contributed by atoms with Crippen LogP contribution >= 0.6 is 11.6 Å². The molecule has 0 aliphatic heterocycles. The molecular formula is C20H28ClN3O2. The maximum absolute atomic E-state index is 12.9. The highest BCUT2D eigenvalue weighted by atomic mass is 35.5. The summed E-state index contributed by atoms with van der Waals surface area (Å²) in [5.74, 6) is 0.567. The summed E-state index contributed by atoms with van der Waals surface area (Å²) in [4.78, 5) is 25.3. The number of anilines is 1. The molecule has 2 aliphatic rings. The van der Waals surface area contributed by atoms with Crippen molar-refractivity contribution in [3.8, 4) is 0 Å². The van der Waals surface area contributed by atoms with E-state index < -0.39 is 0 Å².